The molecule has 0 bridgehead atoms. The molecule has 2 atom stereocenters. The van der Waals surface area contributed by atoms with Crippen LogP contribution in [0.1, 0.15) is 32.1 Å². The highest BCUT2D eigenvalue weighted by atomic mass is 32.1. The largest absolute Gasteiger partial charge is 0.389 e. The molecule has 2 N–H and O–H groups in total. The summed E-state index contributed by atoms with van der Waals surface area (Å²) in [5, 5.41) is 19.1. The fraction of sp³-hybridized carbons (Fsp3) is 1.00. The van der Waals surface area contributed by atoms with Crippen molar-refractivity contribution in [3.05, 3.63) is 0 Å². The smallest absolute Gasteiger partial charge is 0.0938 e. The van der Waals surface area contributed by atoms with Crippen LogP contribution >= 0.6 is 12.6 Å². The lowest BCUT2D eigenvalue weighted by Crippen LogP contribution is -2.40. The lowest BCUT2D eigenvalue weighted by Gasteiger charge is -2.39. The second kappa shape index (κ2) is 5.25. The number of nitrogens with zero attached hydrogens (tertiary/aromatic N) is 1. The van der Waals surface area contributed by atoms with E-state index in [1.807, 2.05) is 0 Å². The number of hydrogen-bond acceptors (Lipinski definition) is 4. The van der Waals surface area contributed by atoms with Crippen LogP contribution in [0, 0.1) is 5.41 Å². The Morgan fingerprint density at radius 1 is 1.06 bits per heavy atom. The number of β-amino-alcohol motifs (C(OH)–C–C–N with tert-alkyl or cyclic N) is 2. The average Bonchev–Trinajstić information content (AvgIpc) is 2.59. The quantitative estimate of drug-likeness (QED) is 0.647. The Hall–Kier alpha value is 0.230. The molecular formula is C12H23NO2S. The summed E-state index contributed by atoms with van der Waals surface area (Å²) < 4.78 is 0. The first-order valence-corrected chi connectivity index (χ1v) is 6.98. The molecule has 0 aromatic carbocycles. The molecule has 0 spiro atoms. The van der Waals surface area contributed by atoms with Gasteiger partial charge in [0.1, 0.15) is 0 Å². The van der Waals surface area contributed by atoms with Crippen molar-refractivity contribution in [2.24, 2.45) is 5.41 Å². The van der Waals surface area contributed by atoms with Crippen molar-refractivity contribution >= 4 is 12.6 Å². The van der Waals surface area contributed by atoms with E-state index in [9.17, 15) is 10.2 Å². The summed E-state index contributed by atoms with van der Waals surface area (Å²) in [4.78, 5) is 2.21. The fourth-order valence-corrected chi connectivity index (χ4v) is 3.53. The normalized spacial score (nSPS) is 35.4. The van der Waals surface area contributed by atoms with E-state index in [2.05, 4.69) is 17.5 Å². The van der Waals surface area contributed by atoms with Crippen LogP contribution in [-0.2, 0) is 0 Å². The number of aliphatic hydroxyl groups excluding tert-OH is 2. The van der Waals surface area contributed by atoms with Crippen LogP contribution < -0.4 is 0 Å². The third-order valence-electron chi connectivity index (χ3n) is 4.14. The van der Waals surface area contributed by atoms with E-state index in [0.29, 0.717) is 18.5 Å². The molecule has 1 saturated heterocycles. The fourth-order valence-electron chi connectivity index (χ4n) is 3.12. The molecule has 4 heteroatoms. The van der Waals surface area contributed by atoms with Gasteiger partial charge in [-0.1, -0.05) is 19.3 Å². The first kappa shape index (κ1) is 12.7. The minimum absolute atomic E-state index is 0.325. The third-order valence-corrected chi connectivity index (χ3v) is 4.81. The summed E-state index contributed by atoms with van der Waals surface area (Å²) in [5.41, 5.74) is 0.325. The van der Waals surface area contributed by atoms with Crippen molar-refractivity contribution < 1.29 is 10.2 Å². The van der Waals surface area contributed by atoms with Crippen molar-refractivity contribution in [2.45, 2.75) is 44.3 Å². The number of aliphatic hydroxyl groups is 2. The molecule has 2 fully saturated rings. The van der Waals surface area contributed by atoms with Gasteiger partial charge in [-0.15, -0.1) is 0 Å². The highest BCUT2D eigenvalue weighted by molar-refractivity contribution is 7.80. The molecule has 16 heavy (non-hydrogen) atoms. The molecule has 1 aliphatic heterocycles. The van der Waals surface area contributed by atoms with E-state index in [1.165, 1.54) is 32.1 Å². The molecule has 0 amide bonds. The molecule has 0 aromatic rings. The van der Waals surface area contributed by atoms with Gasteiger partial charge >= 0.3 is 0 Å². The summed E-state index contributed by atoms with van der Waals surface area (Å²) in [6.45, 7) is 2.23. The maximum Gasteiger partial charge on any atom is 0.0938 e. The molecule has 2 rings (SSSR count). The summed E-state index contributed by atoms with van der Waals surface area (Å²) in [7, 11) is 0. The predicted molar refractivity (Wildman–Crippen MR) is 67.8 cm³/mol. The highest BCUT2D eigenvalue weighted by Crippen LogP contribution is 2.38. The summed E-state index contributed by atoms with van der Waals surface area (Å²) in [6, 6.07) is 0. The Morgan fingerprint density at radius 2 is 1.62 bits per heavy atom. The van der Waals surface area contributed by atoms with Crippen molar-refractivity contribution in [2.75, 3.05) is 25.4 Å². The minimum atomic E-state index is -0.555. The van der Waals surface area contributed by atoms with Gasteiger partial charge in [-0.05, 0) is 24.0 Å². The molecular weight excluding hydrogens is 222 g/mol. The summed E-state index contributed by atoms with van der Waals surface area (Å²) in [6.07, 6.45) is 5.35. The van der Waals surface area contributed by atoms with Gasteiger partial charge in [0.05, 0.1) is 12.2 Å². The van der Waals surface area contributed by atoms with Gasteiger partial charge in [0.15, 0.2) is 0 Å². The Labute approximate surface area is 103 Å². The maximum atomic E-state index is 9.54. The molecule has 0 radical (unpaired) electrons. The van der Waals surface area contributed by atoms with E-state index in [-0.39, 0.29) is 0 Å². The highest BCUT2D eigenvalue weighted by Gasteiger charge is 2.37. The second-order valence-electron chi connectivity index (χ2n) is 5.55. The van der Waals surface area contributed by atoms with Gasteiger partial charge in [0.2, 0.25) is 0 Å². The van der Waals surface area contributed by atoms with E-state index < -0.39 is 12.2 Å². The predicted octanol–water partition coefficient (Wildman–Crippen LogP) is 0.904. The third kappa shape index (κ3) is 2.73. The Bertz CT molecular complexity index is 221. The van der Waals surface area contributed by atoms with Gasteiger partial charge in [-0.3, -0.25) is 4.90 Å². The Kier molecular flexibility index (Phi) is 4.16. The van der Waals surface area contributed by atoms with E-state index >= 15 is 0 Å². The van der Waals surface area contributed by atoms with Gasteiger partial charge in [-0.2, -0.15) is 12.6 Å². The lowest BCUT2D eigenvalue weighted by atomic mass is 9.75. The minimum Gasteiger partial charge on any atom is -0.389 e. The molecule has 1 aliphatic carbocycles. The van der Waals surface area contributed by atoms with Crippen LogP contribution in [0.2, 0.25) is 0 Å². The number of hydrogen-bond donors (Lipinski definition) is 3. The van der Waals surface area contributed by atoms with Gasteiger partial charge in [0, 0.05) is 19.6 Å². The zero-order valence-electron chi connectivity index (χ0n) is 9.81. The van der Waals surface area contributed by atoms with E-state index in [4.69, 9.17) is 0 Å². The van der Waals surface area contributed by atoms with Gasteiger partial charge in [-0.25, -0.2) is 0 Å². The molecule has 1 saturated carbocycles. The Balaban J connectivity index is 1.91. The molecule has 0 aromatic heterocycles. The van der Waals surface area contributed by atoms with Crippen LogP contribution in [-0.4, -0.2) is 52.7 Å². The SMILES string of the molecule is OC1CN(CC2(CS)CCCCC2)CC1O. The van der Waals surface area contributed by atoms with Crippen LogP contribution in [0.15, 0.2) is 0 Å². The zero-order valence-corrected chi connectivity index (χ0v) is 10.7. The monoisotopic (exact) mass is 245 g/mol. The number of rotatable bonds is 3. The average molecular weight is 245 g/mol. The van der Waals surface area contributed by atoms with Crippen LogP contribution in [0.4, 0.5) is 0 Å². The first-order chi connectivity index (χ1) is 7.65. The van der Waals surface area contributed by atoms with Crippen molar-refractivity contribution in [3.63, 3.8) is 0 Å². The molecule has 1 heterocycles. The number of likely N-dealkylation sites (tertiary alicyclic amines) is 1. The summed E-state index contributed by atoms with van der Waals surface area (Å²) >= 11 is 4.52. The van der Waals surface area contributed by atoms with Crippen molar-refractivity contribution in [3.8, 4) is 0 Å². The topological polar surface area (TPSA) is 43.7 Å². The molecule has 2 unspecified atom stereocenters. The standard InChI is InChI=1S/C12H23NO2S/c14-10-6-13(7-11(10)15)8-12(9-16)4-2-1-3-5-12/h10-11,14-16H,1-9H2. The number of thiol groups is 1. The van der Waals surface area contributed by atoms with Crippen molar-refractivity contribution in [1.29, 1.82) is 0 Å². The molecule has 2 aliphatic rings. The maximum absolute atomic E-state index is 9.54. The summed E-state index contributed by atoms with van der Waals surface area (Å²) in [5.74, 6) is 0.926. The van der Waals surface area contributed by atoms with E-state index in [0.717, 1.165) is 12.3 Å². The van der Waals surface area contributed by atoms with Gasteiger partial charge < -0.3 is 10.2 Å². The first-order valence-electron chi connectivity index (χ1n) is 6.35. The van der Waals surface area contributed by atoms with Crippen LogP contribution in [0.5, 0.6) is 0 Å². The molecule has 3 nitrogen and oxygen atoms in total. The molecule has 94 valence electrons. The lowest BCUT2D eigenvalue weighted by molar-refractivity contribution is 0.0572. The van der Waals surface area contributed by atoms with E-state index in [1.54, 1.807) is 0 Å². The zero-order chi connectivity index (χ0) is 11.6. The van der Waals surface area contributed by atoms with Crippen molar-refractivity contribution in [1.82, 2.24) is 4.90 Å². The van der Waals surface area contributed by atoms with Crippen LogP contribution in [0.25, 0.3) is 0 Å². The van der Waals surface area contributed by atoms with Crippen LogP contribution in [0.3, 0.4) is 0 Å². The second-order valence-corrected chi connectivity index (χ2v) is 5.86. The van der Waals surface area contributed by atoms with Gasteiger partial charge in [0.25, 0.3) is 0 Å². The Morgan fingerprint density at radius 3 is 2.12 bits per heavy atom.